The molecule has 78 heavy (non-hydrogen) atoms. The number of rotatable bonds is 44. The molecule has 0 radical (unpaired) electrons. The van der Waals surface area contributed by atoms with Gasteiger partial charge in [-0.25, -0.2) is 0 Å². The molecule has 0 aliphatic heterocycles. The first-order valence-corrected chi connectivity index (χ1v) is 33.5. The van der Waals surface area contributed by atoms with E-state index in [1.165, 1.54) is 166 Å². The van der Waals surface area contributed by atoms with Crippen LogP contribution in [-0.4, -0.2) is 46.4 Å². The number of hydrogen-bond donors (Lipinski definition) is 0. The number of ether oxygens (including phenoxy) is 2. The number of nitrogens with zero attached hydrogens (tertiary/aromatic N) is 4. The largest absolute Gasteiger partial charge is 1.00 e. The summed E-state index contributed by atoms with van der Waals surface area (Å²) in [6.07, 6.45) is 42.4. The van der Waals surface area contributed by atoms with E-state index >= 15 is 0 Å². The Morgan fingerprint density at radius 3 is 0.923 bits per heavy atom. The predicted molar refractivity (Wildman–Crippen MR) is 305 cm³/mol. The standard InChI is InChI=1S/C62H98N4O8P2.2Na/c1-5-9-11-13-15-17-19-21-23-25-27-29-31-33-43-71-55-39-35-51(36-40-55)59-60(52-37-41-56(42-38-52)72-44-34-32-30-28-26-24-22-20-18-16-14-12-10-6-2)62(58-48-64-54(46-66-58)50-76(69,70)74-8-4)61(59)57-47-63-53(45-65-57)49-75(67,68)73-7-3;;/h35-42,45-48,59-62H,5-34,43-44,49-50H2,1-4H3,(H,67,68)(H,69,70);;/q;2*+1/p-2/t59-,60+,61+,62-;;. The van der Waals surface area contributed by atoms with Crippen LogP contribution in [0.4, 0.5) is 0 Å². The minimum absolute atomic E-state index is 0. The van der Waals surface area contributed by atoms with Crippen molar-refractivity contribution in [2.24, 2.45) is 0 Å². The van der Waals surface area contributed by atoms with Crippen LogP contribution in [0.3, 0.4) is 0 Å². The monoisotopic (exact) mass is 1130 g/mol. The third kappa shape index (κ3) is 26.8. The molecule has 424 valence electrons. The molecule has 2 aromatic carbocycles. The van der Waals surface area contributed by atoms with Crippen molar-refractivity contribution in [2.75, 3.05) is 26.4 Å². The van der Waals surface area contributed by atoms with Gasteiger partial charge in [0.15, 0.2) is 0 Å². The Labute approximate surface area is 516 Å². The molecule has 2 aromatic heterocycles. The molecule has 0 bridgehead atoms. The molecule has 16 heteroatoms. The van der Waals surface area contributed by atoms with Crippen molar-refractivity contribution < 1.29 is 96.6 Å². The number of unbranched alkanes of at least 4 members (excludes halogenated alkanes) is 26. The quantitative estimate of drug-likeness (QED) is 0.0234. The molecule has 12 nitrogen and oxygen atoms in total. The molecule has 1 saturated carbocycles. The number of aromatic nitrogens is 4. The fourth-order valence-electron chi connectivity index (χ4n) is 11.0. The molecule has 1 aliphatic carbocycles. The zero-order valence-corrected chi connectivity index (χ0v) is 55.0. The van der Waals surface area contributed by atoms with Crippen LogP contribution in [0.1, 0.15) is 265 Å². The van der Waals surface area contributed by atoms with Crippen molar-refractivity contribution in [2.45, 2.75) is 243 Å². The van der Waals surface area contributed by atoms with Gasteiger partial charge in [-0.1, -0.05) is 205 Å². The Bertz CT molecular complexity index is 2070. The summed E-state index contributed by atoms with van der Waals surface area (Å²) in [4.78, 5) is 44.2. The van der Waals surface area contributed by atoms with Gasteiger partial charge in [0.25, 0.3) is 0 Å². The van der Waals surface area contributed by atoms with Crippen LogP contribution in [-0.2, 0) is 30.5 Å². The van der Waals surface area contributed by atoms with Gasteiger partial charge in [0.1, 0.15) is 26.7 Å². The van der Waals surface area contributed by atoms with Gasteiger partial charge in [0.2, 0.25) is 0 Å². The van der Waals surface area contributed by atoms with Gasteiger partial charge < -0.3 is 37.4 Å². The van der Waals surface area contributed by atoms with Crippen molar-refractivity contribution in [3.8, 4) is 11.5 Å². The summed E-state index contributed by atoms with van der Waals surface area (Å²) in [6, 6.07) is 16.8. The Kier molecular flexibility index (Phi) is 37.6. The maximum atomic E-state index is 12.6. The molecule has 1 aliphatic rings. The Balaban J connectivity index is 0.00000800. The molecule has 0 N–H and O–H groups in total. The molecule has 6 atom stereocenters. The van der Waals surface area contributed by atoms with E-state index in [1.54, 1.807) is 26.2 Å². The fraction of sp³-hybridized carbons (Fsp3) is 0.677. The van der Waals surface area contributed by atoms with E-state index in [0.717, 1.165) is 48.3 Å². The van der Waals surface area contributed by atoms with E-state index in [-0.39, 0.29) is 108 Å². The second-order valence-corrected chi connectivity index (χ2v) is 25.0. The van der Waals surface area contributed by atoms with Gasteiger partial charge in [0, 0.05) is 48.5 Å². The van der Waals surface area contributed by atoms with Crippen molar-refractivity contribution in [1.82, 2.24) is 19.9 Å². The van der Waals surface area contributed by atoms with Gasteiger partial charge in [-0.05, 0) is 62.1 Å². The summed E-state index contributed by atoms with van der Waals surface area (Å²) in [7, 11) is -8.28. The van der Waals surface area contributed by atoms with Crippen LogP contribution in [0.15, 0.2) is 73.3 Å². The molecular weight excluding hydrogens is 1040 g/mol. The van der Waals surface area contributed by atoms with Gasteiger partial charge in [-0.3, -0.25) is 19.9 Å². The predicted octanol–water partition coefficient (Wildman–Crippen LogP) is 10.6. The van der Waals surface area contributed by atoms with E-state index < -0.39 is 15.2 Å². The van der Waals surface area contributed by atoms with Crippen LogP contribution in [0, 0.1) is 0 Å². The smallest absolute Gasteiger partial charge is 0.778 e. The summed E-state index contributed by atoms with van der Waals surface area (Å²) in [5, 5.41) is 0. The molecular formula is C62H96N4Na2O8P2. The maximum absolute atomic E-state index is 12.6. The molecule has 5 rings (SSSR count). The summed E-state index contributed by atoms with van der Waals surface area (Å²) in [6.45, 7) is 9.27. The number of benzene rings is 2. The summed E-state index contributed by atoms with van der Waals surface area (Å²) >= 11 is 0. The van der Waals surface area contributed by atoms with Gasteiger partial charge >= 0.3 is 59.1 Å². The van der Waals surface area contributed by atoms with Crippen molar-refractivity contribution in [1.29, 1.82) is 0 Å². The molecule has 2 unspecified atom stereocenters. The summed E-state index contributed by atoms with van der Waals surface area (Å²) in [5.41, 5.74) is 4.14. The Morgan fingerprint density at radius 1 is 0.385 bits per heavy atom. The first kappa shape index (κ1) is 70.8. The van der Waals surface area contributed by atoms with Crippen molar-refractivity contribution in [3.05, 3.63) is 107 Å². The second kappa shape index (κ2) is 41.5. The van der Waals surface area contributed by atoms with Gasteiger partial charge in [-0.15, -0.1) is 0 Å². The van der Waals surface area contributed by atoms with E-state index in [0.29, 0.717) is 36.0 Å². The van der Waals surface area contributed by atoms with E-state index in [4.69, 9.17) is 28.5 Å². The zero-order chi connectivity index (χ0) is 54.1. The van der Waals surface area contributed by atoms with Crippen LogP contribution < -0.4 is 78.4 Å². The van der Waals surface area contributed by atoms with Crippen molar-refractivity contribution in [3.63, 3.8) is 0 Å². The SMILES string of the molecule is CCCCCCCCCCCCCCCCOc1ccc([C@@H]2[C@H](c3ccc(OCCCCCCCCCCCCCCCC)cc3)[C@@H](c3cnc(CP(=O)([O-])OCC)cn3)[C@H]2c2cnc(CP(=O)([O-])OCC)cn2)cc1.[Na+].[Na+]. The van der Waals surface area contributed by atoms with Crippen molar-refractivity contribution >= 4 is 15.2 Å². The van der Waals surface area contributed by atoms with Gasteiger partial charge in [-0.2, -0.15) is 0 Å². The molecule has 4 aromatic rings. The molecule has 0 spiro atoms. The summed E-state index contributed by atoms with van der Waals surface area (Å²) in [5.74, 6) is 0.973. The van der Waals surface area contributed by atoms with E-state index in [2.05, 4.69) is 72.3 Å². The van der Waals surface area contributed by atoms with Gasteiger partial charge in [0.05, 0.1) is 61.5 Å². The third-order valence-corrected chi connectivity index (χ3v) is 17.8. The molecule has 2 heterocycles. The van der Waals surface area contributed by atoms with E-state index in [1.807, 2.05) is 0 Å². The first-order chi connectivity index (χ1) is 37.1. The average molecular weight is 1130 g/mol. The normalized spacial score (nSPS) is 17.5. The minimum atomic E-state index is -4.14. The minimum Gasteiger partial charge on any atom is -0.778 e. The zero-order valence-electron chi connectivity index (χ0n) is 49.2. The van der Waals surface area contributed by atoms with Crippen LogP contribution in [0.5, 0.6) is 11.5 Å². The van der Waals surface area contributed by atoms with Crippen LogP contribution >= 0.6 is 15.2 Å². The third-order valence-electron chi connectivity index (χ3n) is 15.1. The van der Waals surface area contributed by atoms with E-state index in [9.17, 15) is 18.9 Å². The Hall–Kier alpha value is -1.50. The Morgan fingerprint density at radius 2 is 0.667 bits per heavy atom. The number of hydrogen-bond acceptors (Lipinski definition) is 12. The summed E-state index contributed by atoms with van der Waals surface area (Å²) < 4.78 is 47.8. The first-order valence-electron chi connectivity index (χ1n) is 30.0. The average Bonchev–Trinajstić information content (AvgIpc) is 3.53. The topological polar surface area (TPSA) is 169 Å². The molecule has 0 saturated heterocycles. The van der Waals surface area contributed by atoms with Crippen LogP contribution in [0.25, 0.3) is 0 Å². The molecule has 1 fully saturated rings. The fourth-order valence-corrected chi connectivity index (χ4v) is 13.1. The second-order valence-electron chi connectivity index (χ2n) is 21.4. The van der Waals surface area contributed by atoms with Crippen LogP contribution in [0.2, 0.25) is 0 Å². The molecule has 0 amide bonds. The maximum Gasteiger partial charge on any atom is 1.00 e.